The molecule has 10 aromatic rings. The SMILES string of the molecule is N#Cc1ccc(N(c2ccc(C#N)cc2)c2ccc3c(c2)c2ccccc2n3-c2ccc(-c3ccc(-c4cc(-c5ccccc5)nc(-c5ccccc5)n4)cc3)c(C#N)c2)cc1. The molecule has 0 radical (unpaired) electrons. The van der Waals surface area contributed by atoms with Gasteiger partial charge in [-0.15, -0.1) is 0 Å². The summed E-state index contributed by atoms with van der Waals surface area (Å²) in [4.78, 5) is 12.0. The number of hydrogen-bond acceptors (Lipinski definition) is 6. The van der Waals surface area contributed by atoms with Crippen molar-refractivity contribution in [3.05, 3.63) is 217 Å². The summed E-state index contributed by atoms with van der Waals surface area (Å²) in [6, 6.07) is 73.0. The third kappa shape index (κ3) is 6.87. The van der Waals surface area contributed by atoms with Crippen LogP contribution in [0.1, 0.15) is 16.7 Å². The van der Waals surface area contributed by atoms with Crippen molar-refractivity contribution in [2.24, 2.45) is 0 Å². The van der Waals surface area contributed by atoms with Gasteiger partial charge in [-0.05, 0) is 102 Å². The van der Waals surface area contributed by atoms with Gasteiger partial charge in [0.15, 0.2) is 5.82 Å². The lowest BCUT2D eigenvalue weighted by Gasteiger charge is -2.25. The summed E-state index contributed by atoms with van der Waals surface area (Å²) in [6.45, 7) is 0. The summed E-state index contributed by atoms with van der Waals surface area (Å²) in [5, 5.41) is 31.7. The minimum absolute atomic E-state index is 0.561. The van der Waals surface area contributed by atoms with Crippen LogP contribution in [0, 0.1) is 34.0 Å². The Morgan fingerprint density at radius 2 is 0.935 bits per heavy atom. The molecule has 288 valence electrons. The number of aromatic nitrogens is 3. The molecule has 7 heteroatoms. The van der Waals surface area contributed by atoms with E-state index in [1.807, 2.05) is 140 Å². The second-order valence-corrected chi connectivity index (χ2v) is 14.8. The van der Waals surface area contributed by atoms with E-state index >= 15 is 0 Å². The lowest BCUT2D eigenvalue weighted by Crippen LogP contribution is -2.10. The van der Waals surface area contributed by atoms with E-state index in [-0.39, 0.29) is 0 Å². The maximum Gasteiger partial charge on any atom is 0.160 e. The van der Waals surface area contributed by atoms with E-state index in [1.54, 1.807) is 0 Å². The van der Waals surface area contributed by atoms with Crippen LogP contribution in [0.4, 0.5) is 17.1 Å². The molecule has 0 bridgehead atoms. The molecule has 0 unspecified atom stereocenters. The molecule has 0 atom stereocenters. The maximum absolute atomic E-state index is 10.6. The first kappa shape index (κ1) is 37.2. The number of fused-ring (bicyclic) bond motifs is 3. The minimum Gasteiger partial charge on any atom is -0.310 e. The summed E-state index contributed by atoms with van der Waals surface area (Å²) in [6.07, 6.45) is 0. The third-order valence-corrected chi connectivity index (χ3v) is 11.1. The topological polar surface area (TPSA) is 105 Å². The quantitative estimate of drug-likeness (QED) is 0.152. The van der Waals surface area contributed by atoms with Crippen LogP contribution >= 0.6 is 0 Å². The molecule has 0 amide bonds. The monoisotopic (exact) mass is 791 g/mol. The number of nitrogens with zero attached hydrogens (tertiary/aromatic N) is 7. The Morgan fingerprint density at radius 3 is 1.55 bits per heavy atom. The van der Waals surface area contributed by atoms with Crippen molar-refractivity contribution >= 4 is 38.9 Å². The Hall–Kier alpha value is -9.09. The van der Waals surface area contributed by atoms with E-state index < -0.39 is 0 Å². The van der Waals surface area contributed by atoms with Gasteiger partial charge in [-0.25, -0.2) is 9.97 Å². The lowest BCUT2D eigenvalue weighted by atomic mass is 9.97. The molecule has 0 spiro atoms. The maximum atomic E-state index is 10.6. The fourth-order valence-corrected chi connectivity index (χ4v) is 8.10. The van der Waals surface area contributed by atoms with Crippen LogP contribution in [-0.2, 0) is 0 Å². The fourth-order valence-electron chi connectivity index (χ4n) is 8.10. The van der Waals surface area contributed by atoms with Crippen LogP contribution in [0.5, 0.6) is 0 Å². The van der Waals surface area contributed by atoms with Crippen molar-refractivity contribution in [1.29, 1.82) is 15.8 Å². The molecule has 0 aliphatic carbocycles. The molecule has 0 aliphatic heterocycles. The zero-order valence-corrected chi connectivity index (χ0v) is 33.2. The highest BCUT2D eigenvalue weighted by Crippen LogP contribution is 2.40. The molecule has 2 aromatic heterocycles. The number of hydrogen-bond donors (Lipinski definition) is 0. The second-order valence-electron chi connectivity index (χ2n) is 14.8. The molecule has 10 rings (SSSR count). The zero-order chi connectivity index (χ0) is 42.0. The van der Waals surface area contributed by atoms with Crippen molar-refractivity contribution in [1.82, 2.24) is 14.5 Å². The van der Waals surface area contributed by atoms with E-state index in [0.29, 0.717) is 22.5 Å². The average Bonchev–Trinajstić information content (AvgIpc) is 3.68. The highest BCUT2D eigenvalue weighted by atomic mass is 15.1. The highest BCUT2D eigenvalue weighted by Gasteiger charge is 2.19. The smallest absolute Gasteiger partial charge is 0.160 e. The second kappa shape index (κ2) is 15.9. The summed E-state index contributed by atoms with van der Waals surface area (Å²) in [7, 11) is 0. The van der Waals surface area contributed by atoms with Crippen LogP contribution in [0.15, 0.2) is 200 Å². The molecule has 8 aromatic carbocycles. The predicted molar refractivity (Wildman–Crippen MR) is 247 cm³/mol. The molecule has 0 fully saturated rings. The number of para-hydroxylation sites is 1. The van der Waals surface area contributed by atoms with Crippen LogP contribution in [0.25, 0.3) is 72.5 Å². The molecule has 0 N–H and O–H groups in total. The largest absolute Gasteiger partial charge is 0.310 e. The molecular weight excluding hydrogens is 759 g/mol. The first-order chi connectivity index (χ1) is 30.6. The van der Waals surface area contributed by atoms with Gasteiger partial charge in [-0.2, -0.15) is 15.8 Å². The summed E-state index contributed by atoms with van der Waals surface area (Å²) in [5.74, 6) is 0.657. The van der Waals surface area contributed by atoms with Gasteiger partial charge < -0.3 is 9.47 Å². The predicted octanol–water partition coefficient (Wildman–Crippen LogP) is 13.3. The van der Waals surface area contributed by atoms with Crippen LogP contribution < -0.4 is 4.90 Å². The molecule has 0 saturated heterocycles. The Kier molecular flexibility index (Phi) is 9.56. The van der Waals surface area contributed by atoms with Gasteiger partial charge in [-0.3, -0.25) is 0 Å². The number of rotatable bonds is 8. The Morgan fingerprint density at radius 1 is 0.403 bits per heavy atom. The Bertz CT molecular complexity index is 3290. The lowest BCUT2D eigenvalue weighted by molar-refractivity contribution is 1.17. The number of anilines is 3. The van der Waals surface area contributed by atoms with Crippen LogP contribution in [-0.4, -0.2) is 14.5 Å². The van der Waals surface area contributed by atoms with E-state index in [2.05, 4.69) is 88.3 Å². The van der Waals surface area contributed by atoms with E-state index in [1.165, 1.54) is 0 Å². The standard InChI is InChI=1S/C55H33N7/c56-34-37-15-23-44(24-16-37)61(45-25-17-38(35-57)18-26-45)47-28-30-54-50(32-47)49-13-7-8-14-53(49)62(54)46-27-29-48(43(31-46)36-58)39-19-21-41(22-20-39)52-33-51(40-9-3-1-4-10-40)59-55(60-52)42-11-5-2-6-12-42/h1-33H. The molecule has 7 nitrogen and oxygen atoms in total. The summed E-state index contributed by atoms with van der Waals surface area (Å²) >= 11 is 0. The van der Waals surface area contributed by atoms with E-state index in [4.69, 9.17) is 9.97 Å². The van der Waals surface area contributed by atoms with Gasteiger partial charge in [0.2, 0.25) is 0 Å². The van der Waals surface area contributed by atoms with Crippen molar-refractivity contribution in [3.63, 3.8) is 0 Å². The summed E-state index contributed by atoms with van der Waals surface area (Å²) in [5.41, 5.74) is 13.6. The van der Waals surface area contributed by atoms with Gasteiger partial charge >= 0.3 is 0 Å². The normalized spacial score (nSPS) is 10.9. The van der Waals surface area contributed by atoms with Gasteiger partial charge in [0, 0.05) is 50.2 Å². The molecule has 2 heterocycles. The van der Waals surface area contributed by atoms with Crippen LogP contribution in [0.2, 0.25) is 0 Å². The molecule has 62 heavy (non-hydrogen) atoms. The van der Waals surface area contributed by atoms with Crippen molar-refractivity contribution < 1.29 is 0 Å². The molecule has 0 aliphatic rings. The van der Waals surface area contributed by atoms with Gasteiger partial charge in [0.05, 0.1) is 57.3 Å². The van der Waals surface area contributed by atoms with Gasteiger partial charge in [0.25, 0.3) is 0 Å². The minimum atomic E-state index is 0.561. The highest BCUT2D eigenvalue weighted by molar-refractivity contribution is 6.10. The van der Waals surface area contributed by atoms with E-state index in [0.717, 1.165) is 83.8 Å². The van der Waals surface area contributed by atoms with Gasteiger partial charge in [-0.1, -0.05) is 109 Å². The zero-order valence-electron chi connectivity index (χ0n) is 33.2. The Labute approximate surface area is 358 Å². The number of nitriles is 3. The van der Waals surface area contributed by atoms with Gasteiger partial charge in [0.1, 0.15) is 0 Å². The fraction of sp³-hybridized carbons (Fsp3) is 0. The van der Waals surface area contributed by atoms with Crippen molar-refractivity contribution in [2.45, 2.75) is 0 Å². The first-order valence-electron chi connectivity index (χ1n) is 20.1. The van der Waals surface area contributed by atoms with Crippen LogP contribution in [0.3, 0.4) is 0 Å². The Balaban J connectivity index is 1.03. The third-order valence-electron chi connectivity index (χ3n) is 11.1. The van der Waals surface area contributed by atoms with Crippen molar-refractivity contribution in [2.75, 3.05) is 4.90 Å². The average molecular weight is 792 g/mol. The summed E-state index contributed by atoms with van der Waals surface area (Å²) < 4.78 is 2.21. The molecule has 0 saturated carbocycles. The molecular formula is C55H33N7. The number of benzene rings is 8. The first-order valence-corrected chi connectivity index (χ1v) is 20.1. The van der Waals surface area contributed by atoms with Crippen molar-refractivity contribution in [3.8, 4) is 68.9 Å². The van der Waals surface area contributed by atoms with E-state index in [9.17, 15) is 15.8 Å².